The quantitative estimate of drug-likeness (QED) is 0.755. The van der Waals surface area contributed by atoms with E-state index in [4.69, 9.17) is 16.3 Å². The van der Waals surface area contributed by atoms with Crippen LogP contribution in [0.1, 0.15) is 12.7 Å². The first-order chi connectivity index (χ1) is 9.17. The Balaban J connectivity index is 2.15. The minimum Gasteiger partial charge on any atom is -0.374 e. The maximum absolute atomic E-state index is 5.97. The van der Waals surface area contributed by atoms with E-state index in [9.17, 15) is 0 Å². The zero-order valence-electron chi connectivity index (χ0n) is 10.1. The van der Waals surface area contributed by atoms with E-state index in [1.54, 1.807) is 12.3 Å². The van der Waals surface area contributed by atoms with Gasteiger partial charge in [-0.1, -0.05) is 11.6 Å². The summed E-state index contributed by atoms with van der Waals surface area (Å²) < 4.78 is 6.22. The predicted octanol–water partition coefficient (Wildman–Crippen LogP) is 3.98. The summed E-state index contributed by atoms with van der Waals surface area (Å²) in [5, 5.41) is 2.01. The monoisotopic (exact) mass is 359 g/mol. The van der Waals surface area contributed by atoms with E-state index in [1.807, 2.05) is 19.1 Å². The lowest BCUT2D eigenvalue weighted by molar-refractivity contribution is 0.128. The van der Waals surface area contributed by atoms with E-state index in [2.05, 4.69) is 30.9 Å². The smallest absolute Gasteiger partial charge is 0.157 e. The Bertz CT molecular complexity index is 553. The second-order valence-electron chi connectivity index (χ2n) is 3.50. The molecule has 0 spiro atoms. The lowest BCUT2D eigenvalue weighted by Gasteiger charge is -2.04. The third-order valence-corrected chi connectivity index (χ3v) is 3.59. The molecule has 2 aromatic heterocycles. The first-order valence-corrected chi connectivity index (χ1v) is 7.56. The summed E-state index contributed by atoms with van der Waals surface area (Å²) in [6, 6.07) is 5.55. The van der Waals surface area contributed by atoms with Gasteiger partial charge in [0.1, 0.15) is 21.8 Å². The number of aromatic nitrogens is 3. The van der Waals surface area contributed by atoms with Gasteiger partial charge in [0.2, 0.25) is 0 Å². The summed E-state index contributed by atoms with van der Waals surface area (Å²) in [5.41, 5.74) is 0. The first-order valence-electron chi connectivity index (χ1n) is 5.58. The highest BCUT2D eigenvalue weighted by atomic mass is 79.9. The number of nitrogens with zero attached hydrogens (tertiary/aromatic N) is 3. The van der Waals surface area contributed by atoms with Crippen molar-refractivity contribution in [3.8, 4) is 0 Å². The number of halogens is 2. The molecule has 0 bridgehead atoms. The fraction of sp³-hybridized carbons (Fsp3) is 0.250. The van der Waals surface area contributed by atoms with E-state index < -0.39 is 0 Å². The van der Waals surface area contributed by atoms with Crippen LogP contribution in [0.2, 0.25) is 5.15 Å². The van der Waals surface area contributed by atoms with Gasteiger partial charge >= 0.3 is 0 Å². The summed E-state index contributed by atoms with van der Waals surface area (Å²) >= 11 is 10.8. The number of pyridine rings is 1. The lowest BCUT2D eigenvalue weighted by Crippen LogP contribution is -2.00. The number of hydrogen-bond donors (Lipinski definition) is 0. The van der Waals surface area contributed by atoms with Crippen LogP contribution in [0.25, 0.3) is 0 Å². The van der Waals surface area contributed by atoms with Gasteiger partial charge in [-0.25, -0.2) is 15.0 Å². The van der Waals surface area contributed by atoms with Crippen molar-refractivity contribution < 1.29 is 4.74 Å². The van der Waals surface area contributed by atoms with E-state index in [0.29, 0.717) is 24.2 Å². The van der Waals surface area contributed by atoms with Crippen LogP contribution in [0.15, 0.2) is 38.9 Å². The molecule has 0 aliphatic rings. The van der Waals surface area contributed by atoms with Crippen LogP contribution in [0.3, 0.4) is 0 Å². The van der Waals surface area contributed by atoms with Gasteiger partial charge < -0.3 is 4.74 Å². The third kappa shape index (κ3) is 4.72. The number of hydrogen-bond acceptors (Lipinski definition) is 5. The van der Waals surface area contributed by atoms with Crippen LogP contribution in [0.5, 0.6) is 0 Å². The third-order valence-electron chi connectivity index (χ3n) is 2.06. The Hall–Kier alpha value is -0.690. The lowest BCUT2D eigenvalue weighted by atomic mass is 10.5. The van der Waals surface area contributed by atoms with E-state index in [0.717, 1.165) is 14.5 Å². The number of rotatable bonds is 5. The first kappa shape index (κ1) is 14.7. The second kappa shape index (κ2) is 7.19. The standard InChI is InChI=1S/C12H11BrClN3OS/c1-2-18-7-10-16-9(14)5-12(17-10)19-11-4-3-8(13)6-15-11/h3-6H,2,7H2,1H3. The van der Waals surface area contributed by atoms with E-state index >= 15 is 0 Å². The minimum atomic E-state index is 0.360. The molecule has 4 nitrogen and oxygen atoms in total. The fourth-order valence-electron chi connectivity index (χ4n) is 1.28. The molecule has 0 aliphatic carbocycles. The van der Waals surface area contributed by atoms with Crippen molar-refractivity contribution in [3.05, 3.63) is 39.8 Å². The number of ether oxygens (including phenoxy) is 1. The second-order valence-corrected chi connectivity index (χ2v) is 5.84. The van der Waals surface area contributed by atoms with Crippen molar-refractivity contribution in [1.29, 1.82) is 0 Å². The van der Waals surface area contributed by atoms with Crippen LogP contribution in [0, 0.1) is 0 Å². The predicted molar refractivity (Wildman–Crippen MR) is 78.4 cm³/mol. The van der Waals surface area contributed by atoms with Crippen molar-refractivity contribution >= 4 is 39.3 Å². The molecule has 19 heavy (non-hydrogen) atoms. The highest BCUT2D eigenvalue weighted by molar-refractivity contribution is 9.10. The molecule has 0 aromatic carbocycles. The topological polar surface area (TPSA) is 47.9 Å². The highest BCUT2D eigenvalue weighted by Crippen LogP contribution is 2.26. The molecule has 0 fully saturated rings. The van der Waals surface area contributed by atoms with Gasteiger partial charge in [-0.05, 0) is 46.7 Å². The molecule has 0 atom stereocenters. The normalized spacial score (nSPS) is 10.7. The average molecular weight is 361 g/mol. The Morgan fingerprint density at radius 2 is 2.16 bits per heavy atom. The van der Waals surface area contributed by atoms with Gasteiger partial charge in [0.25, 0.3) is 0 Å². The molecule has 0 N–H and O–H groups in total. The Morgan fingerprint density at radius 1 is 1.32 bits per heavy atom. The zero-order chi connectivity index (χ0) is 13.7. The van der Waals surface area contributed by atoms with Crippen LogP contribution < -0.4 is 0 Å². The summed E-state index contributed by atoms with van der Waals surface area (Å²) in [6.07, 6.45) is 1.74. The van der Waals surface area contributed by atoms with Gasteiger partial charge in [-0.3, -0.25) is 0 Å². The molecule has 2 aromatic rings. The summed E-state index contributed by atoms with van der Waals surface area (Å²) in [7, 11) is 0. The van der Waals surface area contributed by atoms with Crippen molar-refractivity contribution in [2.75, 3.05) is 6.61 Å². The largest absolute Gasteiger partial charge is 0.374 e. The minimum absolute atomic E-state index is 0.360. The molecule has 2 rings (SSSR count). The molecule has 2 heterocycles. The average Bonchev–Trinajstić information content (AvgIpc) is 2.38. The zero-order valence-corrected chi connectivity index (χ0v) is 13.3. The van der Waals surface area contributed by atoms with Crippen LogP contribution in [-0.4, -0.2) is 21.6 Å². The molecule has 0 saturated carbocycles. The molecular weight excluding hydrogens is 350 g/mol. The Kier molecular flexibility index (Phi) is 5.57. The molecule has 0 saturated heterocycles. The summed E-state index contributed by atoms with van der Waals surface area (Å²) in [4.78, 5) is 12.8. The fourth-order valence-corrected chi connectivity index (χ4v) is 2.56. The SMILES string of the molecule is CCOCc1nc(Cl)cc(Sc2ccc(Br)cn2)n1. The maximum atomic E-state index is 5.97. The summed E-state index contributed by atoms with van der Waals surface area (Å²) in [6.45, 7) is 2.90. The molecule has 0 amide bonds. The molecule has 0 aliphatic heterocycles. The van der Waals surface area contributed by atoms with Crippen molar-refractivity contribution in [3.63, 3.8) is 0 Å². The van der Waals surface area contributed by atoms with Crippen LogP contribution in [0.4, 0.5) is 0 Å². The highest BCUT2D eigenvalue weighted by Gasteiger charge is 2.06. The van der Waals surface area contributed by atoms with E-state index in [1.165, 1.54) is 11.8 Å². The Morgan fingerprint density at radius 3 is 2.84 bits per heavy atom. The van der Waals surface area contributed by atoms with E-state index in [-0.39, 0.29) is 0 Å². The molecule has 100 valence electrons. The van der Waals surface area contributed by atoms with Gasteiger partial charge in [-0.15, -0.1) is 0 Å². The van der Waals surface area contributed by atoms with Crippen molar-refractivity contribution in [2.24, 2.45) is 0 Å². The van der Waals surface area contributed by atoms with Crippen LogP contribution in [-0.2, 0) is 11.3 Å². The Labute approximate surface area is 129 Å². The van der Waals surface area contributed by atoms with Crippen LogP contribution >= 0.6 is 39.3 Å². The molecule has 7 heteroatoms. The molecule has 0 unspecified atom stereocenters. The van der Waals surface area contributed by atoms with Crippen molar-refractivity contribution in [1.82, 2.24) is 15.0 Å². The van der Waals surface area contributed by atoms with Gasteiger partial charge in [0, 0.05) is 23.3 Å². The maximum Gasteiger partial charge on any atom is 0.157 e. The van der Waals surface area contributed by atoms with Gasteiger partial charge in [-0.2, -0.15) is 0 Å². The van der Waals surface area contributed by atoms with Gasteiger partial charge in [0.05, 0.1) is 0 Å². The summed E-state index contributed by atoms with van der Waals surface area (Å²) in [5.74, 6) is 0.578. The molecular formula is C12H11BrClN3OS. The van der Waals surface area contributed by atoms with Crippen molar-refractivity contribution in [2.45, 2.75) is 23.6 Å². The molecule has 0 radical (unpaired) electrons. The van der Waals surface area contributed by atoms with Gasteiger partial charge in [0.15, 0.2) is 5.82 Å².